The molecule has 1 aliphatic heterocycles. The van der Waals surface area contributed by atoms with Crippen LogP contribution in [0.2, 0.25) is 0 Å². The Balaban J connectivity index is 0.00000208. The van der Waals surface area contributed by atoms with Gasteiger partial charge in [0.2, 0.25) is 5.91 Å². The summed E-state index contributed by atoms with van der Waals surface area (Å²) >= 11 is 0. The van der Waals surface area contributed by atoms with Gasteiger partial charge in [0.1, 0.15) is 6.04 Å². The van der Waals surface area contributed by atoms with Crippen LogP contribution in [0.1, 0.15) is 42.3 Å². The molecule has 0 aromatic heterocycles. The van der Waals surface area contributed by atoms with Crippen molar-refractivity contribution in [3.8, 4) is 0 Å². The lowest BCUT2D eigenvalue weighted by Gasteiger charge is -2.24. The molecule has 0 bridgehead atoms. The van der Waals surface area contributed by atoms with E-state index in [1.165, 1.54) is 5.56 Å². The maximum absolute atomic E-state index is 12.7. The number of amides is 1. The van der Waals surface area contributed by atoms with E-state index in [1.807, 2.05) is 35.2 Å². The van der Waals surface area contributed by atoms with Crippen molar-refractivity contribution in [3.63, 3.8) is 0 Å². The molecule has 24 heavy (non-hydrogen) atoms. The van der Waals surface area contributed by atoms with Crippen LogP contribution in [0.5, 0.6) is 0 Å². The summed E-state index contributed by atoms with van der Waals surface area (Å²) in [5, 5.41) is 0. The number of halogens is 1. The van der Waals surface area contributed by atoms with Crippen LogP contribution in [0.15, 0.2) is 60.7 Å². The molecule has 1 fully saturated rings. The van der Waals surface area contributed by atoms with E-state index in [0.717, 1.165) is 37.9 Å². The summed E-state index contributed by atoms with van der Waals surface area (Å²) in [5.74, 6) is 0.590. The fourth-order valence-corrected chi connectivity index (χ4v) is 3.37. The number of nitrogens with zero attached hydrogens (tertiary/aromatic N) is 1. The van der Waals surface area contributed by atoms with Crippen LogP contribution in [-0.2, 0) is 4.79 Å². The largest absolute Gasteiger partial charge is 0.341 e. The second-order valence-electron chi connectivity index (χ2n) is 6.25. The van der Waals surface area contributed by atoms with E-state index in [9.17, 15) is 4.79 Å². The molecule has 1 amide bonds. The van der Waals surface area contributed by atoms with Crippen LogP contribution in [-0.4, -0.2) is 23.9 Å². The molecule has 2 N–H and O–H groups in total. The van der Waals surface area contributed by atoms with Gasteiger partial charge < -0.3 is 10.6 Å². The predicted molar refractivity (Wildman–Crippen MR) is 100 cm³/mol. The number of benzene rings is 2. The molecule has 0 saturated carbocycles. The molecule has 128 valence electrons. The van der Waals surface area contributed by atoms with E-state index in [0.29, 0.717) is 5.92 Å². The third kappa shape index (κ3) is 4.37. The monoisotopic (exact) mass is 344 g/mol. The quantitative estimate of drug-likeness (QED) is 0.917. The Labute approximate surface area is 150 Å². The minimum Gasteiger partial charge on any atom is -0.341 e. The summed E-state index contributed by atoms with van der Waals surface area (Å²) < 4.78 is 0. The molecule has 1 heterocycles. The lowest BCUT2D eigenvalue weighted by Crippen LogP contribution is -2.39. The summed E-state index contributed by atoms with van der Waals surface area (Å²) in [6, 6.07) is 19.7. The molecule has 3 nitrogen and oxygen atoms in total. The average molecular weight is 345 g/mol. The van der Waals surface area contributed by atoms with Gasteiger partial charge in [0, 0.05) is 13.1 Å². The number of likely N-dealkylation sites (tertiary alicyclic amines) is 1. The van der Waals surface area contributed by atoms with Crippen LogP contribution in [0.25, 0.3) is 0 Å². The van der Waals surface area contributed by atoms with Gasteiger partial charge >= 0.3 is 0 Å². The summed E-state index contributed by atoms with van der Waals surface area (Å²) in [5.41, 5.74) is 8.45. The highest BCUT2D eigenvalue weighted by molar-refractivity contribution is 5.85. The number of hydrogen-bond acceptors (Lipinski definition) is 2. The maximum atomic E-state index is 12.7. The topological polar surface area (TPSA) is 46.3 Å². The molecule has 0 radical (unpaired) electrons. The van der Waals surface area contributed by atoms with Gasteiger partial charge in [-0.1, -0.05) is 60.7 Å². The first-order valence-corrected chi connectivity index (χ1v) is 8.40. The van der Waals surface area contributed by atoms with E-state index in [4.69, 9.17) is 5.73 Å². The Hall–Kier alpha value is -1.84. The molecule has 3 rings (SSSR count). The van der Waals surface area contributed by atoms with Crippen molar-refractivity contribution in [2.24, 2.45) is 5.73 Å². The van der Waals surface area contributed by atoms with Gasteiger partial charge in [-0.25, -0.2) is 0 Å². The van der Waals surface area contributed by atoms with Gasteiger partial charge in [0.25, 0.3) is 0 Å². The van der Waals surface area contributed by atoms with Crippen molar-refractivity contribution in [3.05, 3.63) is 71.8 Å². The Kier molecular flexibility index (Phi) is 6.83. The molecule has 0 spiro atoms. The van der Waals surface area contributed by atoms with E-state index >= 15 is 0 Å². The highest BCUT2D eigenvalue weighted by Crippen LogP contribution is 2.28. The molecule has 2 atom stereocenters. The molecule has 0 aliphatic carbocycles. The number of rotatable bonds is 3. The molecule has 1 aliphatic rings. The molecule has 4 heteroatoms. The maximum Gasteiger partial charge on any atom is 0.244 e. The molecule has 1 saturated heterocycles. The predicted octanol–water partition coefficient (Wildman–Crippen LogP) is 3.90. The van der Waals surface area contributed by atoms with Gasteiger partial charge in [0.15, 0.2) is 0 Å². The van der Waals surface area contributed by atoms with Gasteiger partial charge in [-0.3, -0.25) is 4.79 Å². The van der Waals surface area contributed by atoms with Crippen LogP contribution in [0.3, 0.4) is 0 Å². The summed E-state index contributed by atoms with van der Waals surface area (Å²) in [6.07, 6.45) is 3.18. The Morgan fingerprint density at radius 1 is 0.958 bits per heavy atom. The first-order valence-electron chi connectivity index (χ1n) is 8.40. The normalized spacial score (nSPS) is 19.0. The third-order valence-corrected chi connectivity index (χ3v) is 4.74. The average Bonchev–Trinajstić information content (AvgIpc) is 2.88. The highest BCUT2D eigenvalue weighted by Gasteiger charge is 2.25. The van der Waals surface area contributed by atoms with Crippen LogP contribution in [0, 0.1) is 0 Å². The number of carbonyl (C=O) groups excluding carboxylic acids is 1. The number of hydrogen-bond donors (Lipinski definition) is 1. The fourth-order valence-electron chi connectivity index (χ4n) is 3.37. The van der Waals surface area contributed by atoms with Crippen molar-refractivity contribution < 1.29 is 4.79 Å². The lowest BCUT2D eigenvalue weighted by molar-refractivity contribution is -0.132. The standard InChI is InChI=1S/C20H24N2O.ClH/c21-19(18-10-5-2-6-11-18)20(23)22-14-7-12-17(13-15-22)16-8-3-1-4-9-16;/h1-6,8-11,17,19H,7,12-15,21H2;1H. The Morgan fingerprint density at radius 3 is 2.25 bits per heavy atom. The zero-order valence-corrected chi connectivity index (χ0v) is 14.6. The zero-order chi connectivity index (χ0) is 16.1. The van der Waals surface area contributed by atoms with Gasteiger partial charge in [0.05, 0.1) is 0 Å². The molecule has 2 aromatic rings. The first-order chi connectivity index (χ1) is 11.3. The summed E-state index contributed by atoms with van der Waals surface area (Å²) in [6.45, 7) is 1.60. The van der Waals surface area contributed by atoms with Crippen molar-refractivity contribution in [2.75, 3.05) is 13.1 Å². The Morgan fingerprint density at radius 2 is 1.58 bits per heavy atom. The molecule has 2 aromatic carbocycles. The van der Waals surface area contributed by atoms with Crippen molar-refractivity contribution in [1.29, 1.82) is 0 Å². The van der Waals surface area contributed by atoms with Crippen molar-refractivity contribution >= 4 is 18.3 Å². The molecular weight excluding hydrogens is 320 g/mol. The van der Waals surface area contributed by atoms with Crippen molar-refractivity contribution in [2.45, 2.75) is 31.2 Å². The van der Waals surface area contributed by atoms with E-state index in [2.05, 4.69) is 30.3 Å². The van der Waals surface area contributed by atoms with Crippen LogP contribution >= 0.6 is 12.4 Å². The van der Waals surface area contributed by atoms with Gasteiger partial charge in [-0.2, -0.15) is 0 Å². The second kappa shape index (κ2) is 8.86. The van der Waals surface area contributed by atoms with E-state index < -0.39 is 6.04 Å². The fraction of sp³-hybridized carbons (Fsp3) is 0.350. The van der Waals surface area contributed by atoms with Gasteiger partial charge in [-0.05, 0) is 36.3 Å². The van der Waals surface area contributed by atoms with Crippen LogP contribution in [0.4, 0.5) is 0 Å². The van der Waals surface area contributed by atoms with E-state index in [-0.39, 0.29) is 18.3 Å². The number of carbonyl (C=O) groups is 1. The summed E-state index contributed by atoms with van der Waals surface area (Å²) in [4.78, 5) is 14.6. The second-order valence-corrected chi connectivity index (χ2v) is 6.25. The smallest absolute Gasteiger partial charge is 0.244 e. The third-order valence-electron chi connectivity index (χ3n) is 4.74. The lowest BCUT2D eigenvalue weighted by atomic mass is 9.92. The SMILES string of the molecule is Cl.NC(C(=O)N1CCCC(c2ccccc2)CC1)c1ccccc1. The minimum absolute atomic E-state index is 0. The minimum atomic E-state index is -0.551. The Bertz CT molecular complexity index is 633. The van der Waals surface area contributed by atoms with E-state index in [1.54, 1.807) is 0 Å². The zero-order valence-electron chi connectivity index (χ0n) is 13.8. The summed E-state index contributed by atoms with van der Waals surface area (Å²) in [7, 11) is 0. The van der Waals surface area contributed by atoms with Crippen LogP contribution < -0.4 is 5.73 Å². The first kappa shape index (κ1) is 18.5. The van der Waals surface area contributed by atoms with Crippen molar-refractivity contribution in [1.82, 2.24) is 4.90 Å². The molecular formula is C20H25ClN2O. The highest BCUT2D eigenvalue weighted by atomic mass is 35.5. The van der Waals surface area contributed by atoms with Gasteiger partial charge in [-0.15, -0.1) is 12.4 Å². The molecule has 2 unspecified atom stereocenters. The number of nitrogens with two attached hydrogens (primary N) is 1.